The number of benzene rings is 3. The minimum atomic E-state index is -0.401. The van der Waals surface area contributed by atoms with Gasteiger partial charge in [0.15, 0.2) is 0 Å². The molecule has 0 unspecified atom stereocenters. The maximum Gasteiger partial charge on any atom is 0.269 e. The van der Waals surface area contributed by atoms with Crippen molar-refractivity contribution in [1.29, 1.82) is 0 Å². The van der Waals surface area contributed by atoms with Gasteiger partial charge in [-0.3, -0.25) is 10.1 Å². The first-order valence-corrected chi connectivity index (χ1v) is 9.58. The van der Waals surface area contributed by atoms with E-state index in [1.165, 1.54) is 12.1 Å². The van der Waals surface area contributed by atoms with Gasteiger partial charge in [0, 0.05) is 36.3 Å². The first-order chi connectivity index (χ1) is 14.7. The van der Waals surface area contributed by atoms with Gasteiger partial charge in [0.05, 0.1) is 24.7 Å². The molecular weight excluding hydrogens is 384 g/mol. The molecule has 0 saturated heterocycles. The third kappa shape index (κ3) is 5.79. The fourth-order valence-corrected chi connectivity index (χ4v) is 2.90. The highest BCUT2D eigenvalue weighted by molar-refractivity contribution is 5.77. The quantitative estimate of drug-likeness (QED) is 0.249. The summed E-state index contributed by atoms with van der Waals surface area (Å²) in [4.78, 5) is 12.6. The minimum absolute atomic E-state index is 0.0585. The molecule has 0 fully saturated rings. The lowest BCUT2D eigenvalue weighted by Gasteiger charge is -2.25. The topological polar surface area (TPSA) is 74.1 Å². The van der Waals surface area contributed by atoms with Crippen LogP contribution < -0.4 is 9.64 Å². The number of hydrogen-bond donors (Lipinski definition) is 0. The summed E-state index contributed by atoms with van der Waals surface area (Å²) in [6.45, 7) is 2.05. The predicted octanol–water partition coefficient (Wildman–Crippen LogP) is 5.11. The van der Waals surface area contributed by atoms with Crippen LogP contribution in [-0.2, 0) is 9.47 Å². The number of para-hydroxylation sites is 1. The number of non-ortho nitro benzene ring substituents is 1. The van der Waals surface area contributed by atoms with Crippen LogP contribution in [0, 0.1) is 10.1 Å². The van der Waals surface area contributed by atoms with Crippen LogP contribution in [0.1, 0.15) is 0 Å². The SMILES string of the molecule is COCCOCCOc1ccc(N(c2ccccc2)c2ccc([N+](=O)[O-])cc2)cc1. The molecular formula is C23H24N2O5. The number of methoxy groups -OCH3 is 1. The van der Waals surface area contributed by atoms with E-state index in [-0.39, 0.29) is 5.69 Å². The van der Waals surface area contributed by atoms with Crippen molar-refractivity contribution in [1.82, 2.24) is 0 Å². The molecule has 0 radical (unpaired) electrons. The van der Waals surface area contributed by atoms with E-state index in [0.717, 1.165) is 22.8 Å². The summed E-state index contributed by atoms with van der Waals surface area (Å²) in [5, 5.41) is 11.0. The van der Waals surface area contributed by atoms with E-state index in [1.54, 1.807) is 19.2 Å². The summed E-state index contributed by atoms with van der Waals surface area (Å²) in [5.74, 6) is 0.741. The molecule has 3 aromatic carbocycles. The Hall–Kier alpha value is -3.42. The minimum Gasteiger partial charge on any atom is -0.491 e. The lowest BCUT2D eigenvalue weighted by molar-refractivity contribution is -0.384. The molecule has 0 aromatic heterocycles. The molecule has 7 heteroatoms. The third-order valence-corrected chi connectivity index (χ3v) is 4.36. The number of nitro benzene ring substituents is 1. The summed E-state index contributed by atoms with van der Waals surface area (Å²) >= 11 is 0. The van der Waals surface area contributed by atoms with Gasteiger partial charge in [0.25, 0.3) is 5.69 Å². The molecule has 0 heterocycles. The number of hydrogen-bond acceptors (Lipinski definition) is 6. The second-order valence-electron chi connectivity index (χ2n) is 6.39. The van der Waals surface area contributed by atoms with Gasteiger partial charge in [0.1, 0.15) is 12.4 Å². The Morgan fingerprint density at radius 2 is 1.33 bits per heavy atom. The van der Waals surface area contributed by atoms with E-state index in [4.69, 9.17) is 14.2 Å². The maximum absolute atomic E-state index is 11.0. The Morgan fingerprint density at radius 3 is 1.93 bits per heavy atom. The summed E-state index contributed by atoms with van der Waals surface area (Å²) in [5.41, 5.74) is 2.75. The third-order valence-electron chi connectivity index (χ3n) is 4.36. The van der Waals surface area contributed by atoms with Gasteiger partial charge < -0.3 is 19.1 Å². The highest BCUT2D eigenvalue weighted by Crippen LogP contribution is 2.35. The van der Waals surface area contributed by atoms with Crippen molar-refractivity contribution in [3.8, 4) is 5.75 Å². The molecule has 156 valence electrons. The molecule has 3 rings (SSSR count). The average molecular weight is 408 g/mol. The number of ether oxygens (including phenoxy) is 3. The highest BCUT2D eigenvalue weighted by atomic mass is 16.6. The van der Waals surface area contributed by atoms with E-state index in [9.17, 15) is 10.1 Å². The first-order valence-electron chi connectivity index (χ1n) is 9.58. The first kappa shape index (κ1) is 21.3. The van der Waals surface area contributed by atoms with Crippen molar-refractivity contribution in [2.75, 3.05) is 38.4 Å². The second kappa shape index (κ2) is 10.9. The summed E-state index contributed by atoms with van der Waals surface area (Å²) in [6, 6.07) is 24.0. The van der Waals surface area contributed by atoms with Crippen LogP contribution >= 0.6 is 0 Å². The van der Waals surface area contributed by atoms with Crippen molar-refractivity contribution >= 4 is 22.7 Å². The van der Waals surface area contributed by atoms with E-state index >= 15 is 0 Å². The molecule has 30 heavy (non-hydrogen) atoms. The normalized spacial score (nSPS) is 10.6. The molecule has 0 atom stereocenters. The molecule has 0 aliphatic rings. The van der Waals surface area contributed by atoms with Gasteiger partial charge >= 0.3 is 0 Å². The molecule has 3 aromatic rings. The van der Waals surface area contributed by atoms with Crippen molar-refractivity contribution in [2.45, 2.75) is 0 Å². The number of anilines is 3. The Balaban J connectivity index is 1.75. The molecule has 0 spiro atoms. The molecule has 0 amide bonds. The second-order valence-corrected chi connectivity index (χ2v) is 6.39. The van der Waals surface area contributed by atoms with E-state index in [0.29, 0.717) is 26.4 Å². The summed E-state index contributed by atoms with van der Waals surface area (Å²) < 4.78 is 16.0. The fraction of sp³-hybridized carbons (Fsp3) is 0.217. The van der Waals surface area contributed by atoms with Gasteiger partial charge in [-0.1, -0.05) is 18.2 Å². The van der Waals surface area contributed by atoms with Crippen LogP contribution in [0.2, 0.25) is 0 Å². The Morgan fingerprint density at radius 1 is 0.767 bits per heavy atom. The maximum atomic E-state index is 11.0. The fourth-order valence-electron chi connectivity index (χ4n) is 2.90. The van der Waals surface area contributed by atoms with Crippen LogP contribution in [0.15, 0.2) is 78.9 Å². The van der Waals surface area contributed by atoms with Gasteiger partial charge in [-0.15, -0.1) is 0 Å². The van der Waals surface area contributed by atoms with E-state index < -0.39 is 4.92 Å². The van der Waals surface area contributed by atoms with Crippen LogP contribution in [-0.4, -0.2) is 38.5 Å². The highest BCUT2D eigenvalue weighted by Gasteiger charge is 2.14. The number of nitrogens with zero attached hydrogens (tertiary/aromatic N) is 2. The molecule has 0 bridgehead atoms. The summed E-state index contributed by atoms with van der Waals surface area (Å²) in [6.07, 6.45) is 0. The zero-order chi connectivity index (χ0) is 21.2. The van der Waals surface area contributed by atoms with Crippen LogP contribution in [0.25, 0.3) is 0 Å². The van der Waals surface area contributed by atoms with E-state index in [2.05, 4.69) is 0 Å². The predicted molar refractivity (Wildman–Crippen MR) is 116 cm³/mol. The van der Waals surface area contributed by atoms with Crippen molar-refractivity contribution in [3.05, 3.63) is 89.0 Å². The van der Waals surface area contributed by atoms with Crippen LogP contribution in [0.4, 0.5) is 22.7 Å². The summed E-state index contributed by atoms with van der Waals surface area (Å²) in [7, 11) is 1.64. The van der Waals surface area contributed by atoms with Crippen LogP contribution in [0.5, 0.6) is 5.75 Å². The average Bonchev–Trinajstić information content (AvgIpc) is 2.78. The smallest absolute Gasteiger partial charge is 0.269 e. The lowest BCUT2D eigenvalue weighted by atomic mass is 10.2. The van der Waals surface area contributed by atoms with Gasteiger partial charge in [0.2, 0.25) is 0 Å². The van der Waals surface area contributed by atoms with Gasteiger partial charge in [-0.05, 0) is 48.5 Å². The van der Waals surface area contributed by atoms with Gasteiger partial charge in [-0.25, -0.2) is 0 Å². The lowest BCUT2D eigenvalue weighted by Crippen LogP contribution is -2.11. The monoisotopic (exact) mass is 408 g/mol. The molecule has 0 aliphatic heterocycles. The zero-order valence-corrected chi connectivity index (χ0v) is 16.8. The van der Waals surface area contributed by atoms with Crippen molar-refractivity contribution < 1.29 is 19.1 Å². The zero-order valence-electron chi connectivity index (χ0n) is 16.8. The van der Waals surface area contributed by atoms with Crippen LogP contribution in [0.3, 0.4) is 0 Å². The van der Waals surface area contributed by atoms with Crippen molar-refractivity contribution in [3.63, 3.8) is 0 Å². The largest absolute Gasteiger partial charge is 0.491 e. The number of nitro groups is 1. The molecule has 0 saturated carbocycles. The Kier molecular flexibility index (Phi) is 7.77. The van der Waals surface area contributed by atoms with E-state index in [1.807, 2.05) is 59.5 Å². The molecule has 0 N–H and O–H groups in total. The number of rotatable bonds is 11. The Bertz CT molecular complexity index is 915. The Labute approximate surface area is 175 Å². The van der Waals surface area contributed by atoms with Crippen molar-refractivity contribution in [2.24, 2.45) is 0 Å². The molecule has 0 aliphatic carbocycles. The standard InChI is InChI=1S/C23H24N2O5/c1-28-15-16-29-17-18-30-23-13-11-21(12-14-23)24(19-5-3-2-4-6-19)20-7-9-22(10-8-20)25(26)27/h2-14H,15-18H2,1H3. The van der Waals surface area contributed by atoms with Gasteiger partial charge in [-0.2, -0.15) is 0 Å². The molecule has 7 nitrogen and oxygen atoms in total.